The van der Waals surface area contributed by atoms with Gasteiger partial charge in [-0.2, -0.15) is 0 Å². The second-order valence-electron chi connectivity index (χ2n) is 5.97. The van der Waals surface area contributed by atoms with E-state index in [1.165, 1.54) is 0 Å². The topological polar surface area (TPSA) is 63.4 Å². The minimum Gasteiger partial charge on any atom is -0.368 e. The van der Waals surface area contributed by atoms with E-state index in [2.05, 4.69) is 6.07 Å². The molecule has 1 saturated heterocycles. The molecule has 0 saturated carbocycles. The van der Waals surface area contributed by atoms with Crippen LogP contribution in [0.25, 0.3) is 11.1 Å². The zero-order valence-corrected chi connectivity index (χ0v) is 13.2. The van der Waals surface area contributed by atoms with Crippen LogP contribution < -0.4 is 5.73 Å². The first-order chi connectivity index (χ1) is 11.1. The zero-order valence-electron chi connectivity index (χ0n) is 13.2. The van der Waals surface area contributed by atoms with Gasteiger partial charge in [0.25, 0.3) is 5.91 Å². The van der Waals surface area contributed by atoms with Gasteiger partial charge < -0.3 is 10.6 Å². The molecular weight excluding hydrogens is 288 g/mol. The number of carbonyl (C=O) groups is 2. The normalized spacial score (nSPS) is 17.3. The average molecular weight is 308 g/mol. The molecule has 1 fully saturated rings. The van der Waals surface area contributed by atoms with Gasteiger partial charge in [0.1, 0.15) is 6.04 Å². The van der Waals surface area contributed by atoms with Crippen LogP contribution in [0.15, 0.2) is 48.5 Å². The monoisotopic (exact) mass is 308 g/mol. The second-order valence-corrected chi connectivity index (χ2v) is 5.97. The molecule has 2 amide bonds. The van der Waals surface area contributed by atoms with Crippen molar-refractivity contribution in [3.8, 4) is 11.1 Å². The largest absolute Gasteiger partial charge is 0.368 e. The Balaban J connectivity index is 2.00. The van der Waals surface area contributed by atoms with E-state index in [0.29, 0.717) is 18.5 Å². The van der Waals surface area contributed by atoms with Crippen molar-refractivity contribution in [1.29, 1.82) is 0 Å². The number of amides is 2. The molecule has 0 radical (unpaired) electrons. The van der Waals surface area contributed by atoms with Crippen LogP contribution in [-0.2, 0) is 4.79 Å². The molecule has 2 aromatic rings. The third-order valence-electron chi connectivity index (χ3n) is 4.33. The highest BCUT2D eigenvalue weighted by Crippen LogP contribution is 2.28. The molecular formula is C19H20N2O2. The summed E-state index contributed by atoms with van der Waals surface area (Å²) >= 11 is 0. The SMILES string of the molecule is Cc1cccc(-c2ccccc2C(=O)N2CCCC2C(N)=O)c1. The summed E-state index contributed by atoms with van der Waals surface area (Å²) in [5.41, 5.74) is 9.09. The molecule has 1 atom stereocenters. The van der Waals surface area contributed by atoms with E-state index in [4.69, 9.17) is 5.73 Å². The summed E-state index contributed by atoms with van der Waals surface area (Å²) in [4.78, 5) is 26.1. The van der Waals surface area contributed by atoms with E-state index in [0.717, 1.165) is 23.1 Å². The van der Waals surface area contributed by atoms with Gasteiger partial charge in [-0.15, -0.1) is 0 Å². The summed E-state index contributed by atoms with van der Waals surface area (Å²) in [6.07, 6.45) is 1.46. The first-order valence-electron chi connectivity index (χ1n) is 7.84. The summed E-state index contributed by atoms with van der Waals surface area (Å²) in [6.45, 7) is 2.60. The van der Waals surface area contributed by atoms with Crippen LogP contribution in [0.4, 0.5) is 0 Å². The smallest absolute Gasteiger partial charge is 0.255 e. The van der Waals surface area contributed by atoms with Crippen molar-refractivity contribution in [1.82, 2.24) is 4.90 Å². The van der Waals surface area contributed by atoms with Gasteiger partial charge in [-0.3, -0.25) is 9.59 Å². The van der Waals surface area contributed by atoms with Crippen molar-refractivity contribution in [2.75, 3.05) is 6.54 Å². The molecule has 1 aliphatic rings. The van der Waals surface area contributed by atoms with Gasteiger partial charge in [-0.1, -0.05) is 48.0 Å². The molecule has 1 heterocycles. The van der Waals surface area contributed by atoms with Crippen molar-refractivity contribution in [3.63, 3.8) is 0 Å². The Morgan fingerprint density at radius 2 is 1.91 bits per heavy atom. The van der Waals surface area contributed by atoms with Crippen molar-refractivity contribution in [2.45, 2.75) is 25.8 Å². The highest BCUT2D eigenvalue weighted by atomic mass is 16.2. The number of aryl methyl sites for hydroxylation is 1. The highest BCUT2D eigenvalue weighted by molar-refractivity contribution is 6.03. The quantitative estimate of drug-likeness (QED) is 0.947. The maximum Gasteiger partial charge on any atom is 0.255 e. The molecule has 2 aromatic carbocycles. The van der Waals surface area contributed by atoms with E-state index in [9.17, 15) is 9.59 Å². The highest BCUT2D eigenvalue weighted by Gasteiger charge is 2.33. The third kappa shape index (κ3) is 2.97. The van der Waals surface area contributed by atoms with Crippen molar-refractivity contribution in [2.24, 2.45) is 5.73 Å². The lowest BCUT2D eigenvalue weighted by Gasteiger charge is -2.23. The number of hydrogen-bond acceptors (Lipinski definition) is 2. The van der Waals surface area contributed by atoms with Crippen LogP contribution >= 0.6 is 0 Å². The number of rotatable bonds is 3. The first kappa shape index (κ1) is 15.3. The Morgan fingerprint density at radius 1 is 1.13 bits per heavy atom. The van der Waals surface area contributed by atoms with E-state index in [1.807, 2.05) is 49.4 Å². The predicted molar refractivity (Wildman–Crippen MR) is 89.9 cm³/mol. The fraction of sp³-hybridized carbons (Fsp3) is 0.263. The van der Waals surface area contributed by atoms with Gasteiger partial charge in [0, 0.05) is 12.1 Å². The molecule has 3 rings (SSSR count). The number of benzene rings is 2. The molecule has 0 aliphatic carbocycles. The van der Waals surface area contributed by atoms with E-state index in [-0.39, 0.29) is 5.91 Å². The maximum atomic E-state index is 13.0. The molecule has 1 unspecified atom stereocenters. The zero-order chi connectivity index (χ0) is 16.4. The van der Waals surface area contributed by atoms with Gasteiger partial charge in [0.15, 0.2) is 0 Å². The number of carbonyl (C=O) groups excluding carboxylic acids is 2. The van der Waals surface area contributed by atoms with Crippen molar-refractivity contribution < 1.29 is 9.59 Å². The fourth-order valence-corrected chi connectivity index (χ4v) is 3.19. The Hall–Kier alpha value is -2.62. The first-order valence-corrected chi connectivity index (χ1v) is 7.84. The number of nitrogens with two attached hydrogens (primary N) is 1. The summed E-state index contributed by atoms with van der Waals surface area (Å²) in [6, 6.07) is 15.1. The van der Waals surface area contributed by atoms with Crippen LogP contribution in [0.2, 0.25) is 0 Å². The Bertz CT molecular complexity index is 755. The molecule has 23 heavy (non-hydrogen) atoms. The van der Waals surface area contributed by atoms with Crippen LogP contribution in [0, 0.1) is 6.92 Å². The molecule has 0 bridgehead atoms. The van der Waals surface area contributed by atoms with Crippen LogP contribution in [-0.4, -0.2) is 29.3 Å². The summed E-state index contributed by atoms with van der Waals surface area (Å²) in [7, 11) is 0. The summed E-state index contributed by atoms with van der Waals surface area (Å²) in [5.74, 6) is -0.549. The summed E-state index contributed by atoms with van der Waals surface area (Å²) in [5, 5.41) is 0. The van der Waals surface area contributed by atoms with Crippen molar-refractivity contribution >= 4 is 11.8 Å². The molecule has 2 N–H and O–H groups in total. The van der Waals surface area contributed by atoms with Crippen molar-refractivity contribution in [3.05, 3.63) is 59.7 Å². The average Bonchev–Trinajstić information content (AvgIpc) is 3.04. The van der Waals surface area contributed by atoms with E-state index < -0.39 is 11.9 Å². The lowest BCUT2D eigenvalue weighted by Crippen LogP contribution is -2.43. The third-order valence-corrected chi connectivity index (χ3v) is 4.33. The van der Waals surface area contributed by atoms with Crippen LogP contribution in [0.1, 0.15) is 28.8 Å². The van der Waals surface area contributed by atoms with E-state index in [1.54, 1.807) is 4.90 Å². The minimum atomic E-state index is -0.493. The standard InChI is InChI=1S/C19H20N2O2/c1-13-6-4-7-14(12-13)15-8-2-3-9-16(15)19(23)21-11-5-10-17(21)18(20)22/h2-4,6-9,12,17H,5,10-11H2,1H3,(H2,20,22). The van der Waals surface area contributed by atoms with Crippen LogP contribution in [0.3, 0.4) is 0 Å². The lowest BCUT2D eigenvalue weighted by atomic mass is 9.97. The van der Waals surface area contributed by atoms with Crippen LogP contribution in [0.5, 0.6) is 0 Å². The predicted octanol–water partition coefficient (Wildman–Crippen LogP) is 2.75. The lowest BCUT2D eigenvalue weighted by molar-refractivity contribution is -0.121. The fourth-order valence-electron chi connectivity index (χ4n) is 3.19. The van der Waals surface area contributed by atoms with E-state index >= 15 is 0 Å². The molecule has 0 spiro atoms. The van der Waals surface area contributed by atoms with Gasteiger partial charge in [0.2, 0.25) is 5.91 Å². The molecule has 0 aromatic heterocycles. The molecule has 118 valence electrons. The summed E-state index contributed by atoms with van der Waals surface area (Å²) < 4.78 is 0. The number of nitrogens with zero attached hydrogens (tertiary/aromatic N) is 1. The number of hydrogen-bond donors (Lipinski definition) is 1. The van der Waals surface area contributed by atoms with Gasteiger partial charge in [-0.05, 0) is 37.0 Å². The van der Waals surface area contributed by atoms with Gasteiger partial charge in [-0.25, -0.2) is 0 Å². The second kappa shape index (κ2) is 6.24. The van der Waals surface area contributed by atoms with Gasteiger partial charge >= 0.3 is 0 Å². The molecule has 4 heteroatoms. The molecule has 4 nitrogen and oxygen atoms in total. The Kier molecular flexibility index (Phi) is 4.15. The Labute approximate surface area is 135 Å². The minimum absolute atomic E-state index is 0.122. The Morgan fingerprint density at radius 3 is 2.65 bits per heavy atom. The van der Waals surface area contributed by atoms with Gasteiger partial charge in [0.05, 0.1) is 0 Å². The molecule has 1 aliphatic heterocycles. The maximum absolute atomic E-state index is 13.0. The number of likely N-dealkylation sites (tertiary alicyclic amines) is 1. The number of primary amides is 1.